The average Bonchev–Trinajstić information content (AvgIpc) is 2.82. The minimum Gasteiger partial charge on any atom is -0.478 e. The van der Waals surface area contributed by atoms with E-state index in [4.69, 9.17) is 5.11 Å². The van der Waals surface area contributed by atoms with Crippen molar-refractivity contribution in [2.75, 3.05) is 11.9 Å². The van der Waals surface area contributed by atoms with Crippen molar-refractivity contribution >= 4 is 27.6 Å². The van der Waals surface area contributed by atoms with Crippen LogP contribution < -0.4 is 5.32 Å². The Morgan fingerprint density at radius 2 is 2.21 bits per heavy atom. The molecular weight excluding hydrogens is 317 g/mol. The molecule has 0 aliphatic heterocycles. The van der Waals surface area contributed by atoms with Crippen molar-refractivity contribution in [3.05, 3.63) is 28.0 Å². The van der Waals surface area contributed by atoms with Crippen molar-refractivity contribution in [3.8, 4) is 0 Å². The molecule has 3 N–H and O–H groups in total. The van der Waals surface area contributed by atoms with Gasteiger partial charge in [0, 0.05) is 18.6 Å². The highest BCUT2D eigenvalue weighted by atomic mass is 79.9. The lowest BCUT2D eigenvalue weighted by Crippen LogP contribution is -2.26. The van der Waals surface area contributed by atoms with Crippen LogP contribution >= 0.6 is 15.9 Å². The van der Waals surface area contributed by atoms with Gasteiger partial charge in [-0.3, -0.25) is 0 Å². The summed E-state index contributed by atoms with van der Waals surface area (Å²) in [5.41, 5.74) is 0.162. The molecule has 104 valence electrons. The van der Waals surface area contributed by atoms with Gasteiger partial charge in [0.2, 0.25) is 0 Å². The van der Waals surface area contributed by atoms with E-state index in [1.54, 1.807) is 0 Å². The summed E-state index contributed by atoms with van der Waals surface area (Å²) in [4.78, 5) is 10.9. The summed E-state index contributed by atoms with van der Waals surface area (Å²) in [7, 11) is 0. The maximum absolute atomic E-state index is 14.1. The third-order valence-electron chi connectivity index (χ3n) is 3.55. The lowest BCUT2D eigenvalue weighted by Gasteiger charge is -2.21. The number of nitrogens with one attached hydrogen (secondary N) is 1. The van der Waals surface area contributed by atoms with Crippen LogP contribution in [0.15, 0.2) is 16.6 Å². The van der Waals surface area contributed by atoms with Crippen molar-refractivity contribution in [2.45, 2.75) is 25.3 Å². The number of benzene rings is 1. The first-order valence-corrected chi connectivity index (χ1v) is 6.92. The van der Waals surface area contributed by atoms with Crippen LogP contribution in [0.25, 0.3) is 0 Å². The Kier molecular flexibility index (Phi) is 4.42. The normalized spacial score (nSPS) is 22.5. The summed E-state index contributed by atoms with van der Waals surface area (Å²) in [6.07, 6.45) is 2.80. The molecule has 0 amide bonds. The molecule has 4 nitrogen and oxygen atoms in total. The topological polar surface area (TPSA) is 69.6 Å². The van der Waals surface area contributed by atoms with Gasteiger partial charge in [0.1, 0.15) is 0 Å². The number of hydrogen-bond acceptors (Lipinski definition) is 3. The number of anilines is 1. The lowest BCUT2D eigenvalue weighted by atomic mass is 10.0. The van der Waals surface area contributed by atoms with E-state index in [0.717, 1.165) is 19.3 Å². The number of rotatable bonds is 4. The standard InChI is InChI=1S/C13H15BrFNO3/c14-11-8(13(18)19)4-5-10(12(11)15)16-9-3-1-2-7(9)6-17/h4-5,7,9,16-17H,1-3,6H2,(H,18,19). The van der Waals surface area contributed by atoms with E-state index in [1.807, 2.05) is 0 Å². The van der Waals surface area contributed by atoms with E-state index >= 15 is 0 Å². The van der Waals surface area contributed by atoms with E-state index < -0.39 is 11.8 Å². The molecule has 2 rings (SSSR count). The second-order valence-electron chi connectivity index (χ2n) is 4.72. The summed E-state index contributed by atoms with van der Waals surface area (Å²) >= 11 is 2.97. The zero-order valence-electron chi connectivity index (χ0n) is 10.2. The lowest BCUT2D eigenvalue weighted by molar-refractivity contribution is 0.0695. The number of hydrogen-bond donors (Lipinski definition) is 3. The molecule has 1 aliphatic rings. The highest BCUT2D eigenvalue weighted by molar-refractivity contribution is 9.10. The average molecular weight is 332 g/mol. The molecular formula is C13H15BrFNO3. The van der Waals surface area contributed by atoms with E-state index in [0.29, 0.717) is 0 Å². The fraction of sp³-hybridized carbons (Fsp3) is 0.462. The maximum atomic E-state index is 14.1. The first-order valence-electron chi connectivity index (χ1n) is 6.13. The van der Waals surface area contributed by atoms with Gasteiger partial charge >= 0.3 is 5.97 Å². The molecule has 1 fully saturated rings. The molecule has 0 radical (unpaired) electrons. The van der Waals surface area contributed by atoms with E-state index in [9.17, 15) is 14.3 Å². The minimum absolute atomic E-state index is 0.0297. The zero-order chi connectivity index (χ0) is 14.0. The Morgan fingerprint density at radius 1 is 1.47 bits per heavy atom. The van der Waals surface area contributed by atoms with Crippen LogP contribution in [0.4, 0.5) is 10.1 Å². The van der Waals surface area contributed by atoms with Crippen molar-refractivity contribution in [1.29, 1.82) is 0 Å². The van der Waals surface area contributed by atoms with E-state index in [2.05, 4.69) is 21.2 Å². The maximum Gasteiger partial charge on any atom is 0.336 e. The number of aliphatic hydroxyl groups excluding tert-OH is 1. The molecule has 0 heterocycles. The van der Waals surface area contributed by atoms with Crippen molar-refractivity contribution in [3.63, 3.8) is 0 Å². The number of halogens is 2. The van der Waals surface area contributed by atoms with Gasteiger partial charge < -0.3 is 15.5 Å². The molecule has 19 heavy (non-hydrogen) atoms. The van der Waals surface area contributed by atoms with Crippen LogP contribution in [0.2, 0.25) is 0 Å². The molecule has 1 aliphatic carbocycles. The summed E-state index contributed by atoms with van der Waals surface area (Å²) in [5.74, 6) is -1.66. The number of carboxylic acid groups (broad SMARTS) is 1. The van der Waals surface area contributed by atoms with Crippen molar-refractivity contribution in [1.82, 2.24) is 0 Å². The van der Waals surface area contributed by atoms with E-state index in [1.165, 1.54) is 12.1 Å². The predicted molar refractivity (Wildman–Crippen MR) is 72.9 cm³/mol. The monoisotopic (exact) mass is 331 g/mol. The molecule has 1 aromatic carbocycles. The highest BCUT2D eigenvalue weighted by Crippen LogP contribution is 2.32. The largest absolute Gasteiger partial charge is 0.478 e. The Morgan fingerprint density at radius 3 is 2.84 bits per heavy atom. The molecule has 2 atom stereocenters. The molecule has 1 aromatic rings. The Hall–Kier alpha value is -1.14. The summed E-state index contributed by atoms with van der Waals surface area (Å²) in [5, 5.41) is 21.2. The smallest absolute Gasteiger partial charge is 0.336 e. The van der Waals surface area contributed by atoms with Gasteiger partial charge in [0.25, 0.3) is 0 Å². The number of carboxylic acids is 1. The van der Waals surface area contributed by atoms with Crippen LogP contribution in [0.1, 0.15) is 29.6 Å². The van der Waals surface area contributed by atoms with Gasteiger partial charge in [0.05, 0.1) is 15.7 Å². The molecule has 1 saturated carbocycles. The van der Waals surface area contributed by atoms with Gasteiger partial charge in [0.15, 0.2) is 5.82 Å². The van der Waals surface area contributed by atoms with Gasteiger partial charge in [-0.25, -0.2) is 9.18 Å². The Labute approximate surface area is 118 Å². The summed E-state index contributed by atoms with van der Waals surface area (Å²) in [6, 6.07) is 2.82. The van der Waals surface area contributed by atoms with Gasteiger partial charge in [-0.15, -0.1) is 0 Å². The highest BCUT2D eigenvalue weighted by Gasteiger charge is 2.27. The van der Waals surface area contributed by atoms with Crippen LogP contribution in [0, 0.1) is 11.7 Å². The fourth-order valence-electron chi connectivity index (χ4n) is 2.47. The van der Waals surface area contributed by atoms with Crippen LogP contribution in [0.3, 0.4) is 0 Å². The molecule has 2 unspecified atom stereocenters. The van der Waals surface area contributed by atoms with Crippen molar-refractivity contribution < 1.29 is 19.4 Å². The van der Waals surface area contributed by atoms with Crippen molar-refractivity contribution in [2.24, 2.45) is 5.92 Å². The second kappa shape index (κ2) is 5.88. The van der Waals surface area contributed by atoms with E-state index in [-0.39, 0.29) is 34.3 Å². The number of aliphatic hydroxyl groups is 1. The molecule has 0 aromatic heterocycles. The van der Waals surface area contributed by atoms with Gasteiger partial charge in [-0.2, -0.15) is 0 Å². The Balaban J connectivity index is 2.22. The molecule has 0 bridgehead atoms. The molecule has 0 spiro atoms. The van der Waals surface area contributed by atoms with Crippen LogP contribution in [-0.2, 0) is 0 Å². The quantitative estimate of drug-likeness (QED) is 0.793. The first kappa shape index (κ1) is 14.3. The van der Waals surface area contributed by atoms with Crippen LogP contribution in [0.5, 0.6) is 0 Å². The number of aromatic carboxylic acids is 1. The molecule has 6 heteroatoms. The number of carbonyl (C=O) groups is 1. The third-order valence-corrected chi connectivity index (χ3v) is 4.32. The van der Waals surface area contributed by atoms with Gasteiger partial charge in [-0.1, -0.05) is 6.42 Å². The third kappa shape index (κ3) is 2.90. The zero-order valence-corrected chi connectivity index (χ0v) is 11.8. The summed E-state index contributed by atoms with van der Waals surface area (Å²) in [6.45, 7) is 0.0770. The SMILES string of the molecule is O=C(O)c1ccc(NC2CCCC2CO)c(F)c1Br. The predicted octanol–water partition coefficient (Wildman–Crippen LogP) is 2.86. The fourth-order valence-corrected chi connectivity index (χ4v) is 2.99. The Bertz CT molecular complexity index is 495. The van der Waals surface area contributed by atoms with Crippen LogP contribution in [-0.4, -0.2) is 28.8 Å². The first-order chi connectivity index (χ1) is 9.04. The summed E-state index contributed by atoms with van der Waals surface area (Å²) < 4.78 is 14.0. The molecule has 0 saturated heterocycles. The minimum atomic E-state index is -1.17. The second-order valence-corrected chi connectivity index (χ2v) is 5.51. The van der Waals surface area contributed by atoms with Gasteiger partial charge in [-0.05, 0) is 40.9 Å².